The van der Waals surface area contributed by atoms with Crippen molar-refractivity contribution in [1.29, 1.82) is 0 Å². The lowest BCUT2D eigenvalue weighted by Crippen LogP contribution is -2.28. The second-order valence-electron chi connectivity index (χ2n) is 11.1. The van der Waals surface area contributed by atoms with Crippen LogP contribution in [0.15, 0.2) is 42.5 Å². The van der Waals surface area contributed by atoms with E-state index in [1.807, 2.05) is 30.3 Å². The van der Waals surface area contributed by atoms with Crippen molar-refractivity contribution in [2.45, 2.75) is 135 Å². The second-order valence-corrected chi connectivity index (χ2v) is 11.1. The largest absolute Gasteiger partial charge is 0.462 e. The molecule has 1 atom stereocenters. The highest BCUT2D eigenvalue weighted by Crippen LogP contribution is 2.11. The van der Waals surface area contributed by atoms with Crippen LogP contribution < -0.4 is 5.32 Å². The number of benzene rings is 1. The van der Waals surface area contributed by atoms with Gasteiger partial charge in [-0.1, -0.05) is 107 Å². The molecule has 244 valence electrons. The molecule has 2 N–H and O–H groups in total. The monoisotopic (exact) mass is 603 g/mol. The smallest absolute Gasteiger partial charge is 0.407 e. The number of hydrogen-bond acceptors (Lipinski definition) is 7. The van der Waals surface area contributed by atoms with Gasteiger partial charge in [0.15, 0.2) is 6.10 Å². The van der Waals surface area contributed by atoms with E-state index in [0.29, 0.717) is 25.8 Å². The molecule has 0 aliphatic carbocycles. The first-order chi connectivity index (χ1) is 21.0. The van der Waals surface area contributed by atoms with E-state index in [0.717, 1.165) is 44.1 Å². The number of esters is 2. The Morgan fingerprint density at radius 2 is 1.33 bits per heavy atom. The van der Waals surface area contributed by atoms with Gasteiger partial charge in [-0.3, -0.25) is 9.59 Å². The first-order valence-electron chi connectivity index (χ1n) is 16.6. The van der Waals surface area contributed by atoms with Crippen molar-refractivity contribution in [2.75, 3.05) is 19.8 Å². The first kappa shape index (κ1) is 38.2. The van der Waals surface area contributed by atoms with Crippen LogP contribution in [0.25, 0.3) is 0 Å². The van der Waals surface area contributed by atoms with Gasteiger partial charge in [-0.05, 0) is 50.5 Å². The van der Waals surface area contributed by atoms with Crippen LogP contribution in [0.2, 0.25) is 0 Å². The Kier molecular flexibility index (Phi) is 24.8. The number of amides is 1. The maximum Gasteiger partial charge on any atom is 0.407 e. The topological polar surface area (TPSA) is 111 Å². The summed E-state index contributed by atoms with van der Waals surface area (Å²) in [5.74, 6) is -0.774. The molecule has 0 heterocycles. The van der Waals surface area contributed by atoms with E-state index < -0.39 is 24.8 Å². The average Bonchev–Trinajstić information content (AvgIpc) is 3.02. The van der Waals surface area contributed by atoms with Crippen LogP contribution in [-0.2, 0) is 30.4 Å². The maximum absolute atomic E-state index is 12.1. The molecule has 1 rings (SSSR count). The molecule has 0 unspecified atom stereocenters. The van der Waals surface area contributed by atoms with E-state index in [1.54, 1.807) is 0 Å². The minimum absolute atomic E-state index is 0.151. The summed E-state index contributed by atoms with van der Waals surface area (Å²) in [6, 6.07) is 9.46. The molecule has 0 aliphatic rings. The van der Waals surface area contributed by atoms with Crippen LogP contribution in [0.5, 0.6) is 0 Å². The van der Waals surface area contributed by atoms with E-state index in [2.05, 4.69) is 24.4 Å². The van der Waals surface area contributed by atoms with Crippen molar-refractivity contribution in [1.82, 2.24) is 5.32 Å². The Labute approximate surface area is 259 Å². The highest BCUT2D eigenvalue weighted by atomic mass is 16.6. The van der Waals surface area contributed by atoms with Gasteiger partial charge >= 0.3 is 18.0 Å². The molecule has 0 fully saturated rings. The number of carbonyl (C=O) groups excluding carboxylic acids is 3. The lowest BCUT2D eigenvalue weighted by molar-refractivity contribution is -0.161. The molecule has 1 aromatic rings. The predicted octanol–water partition coefficient (Wildman–Crippen LogP) is 7.96. The van der Waals surface area contributed by atoms with Gasteiger partial charge in [0.1, 0.15) is 13.2 Å². The number of allylic oxidation sites excluding steroid dienone is 2. The standard InChI is InChI=1S/C35H57NO7/c1-2-3-4-5-6-7-8-9-10-11-12-13-14-15-20-26-34(39)43-32(28-37)30-41-33(38)25-21-17-22-27-36-35(40)42-29-31-23-18-16-19-24-31/h9-10,16,18-19,23-24,32,37H,2-8,11-15,17,20-22,25-30H2,1H3,(H,36,40)/b10-9+/t32-/m1/s1. The number of aliphatic hydroxyl groups is 1. The first-order valence-corrected chi connectivity index (χ1v) is 16.6. The molecule has 0 bridgehead atoms. The number of aliphatic hydroxyl groups excluding tert-OH is 1. The minimum Gasteiger partial charge on any atom is -0.462 e. The van der Waals surface area contributed by atoms with Crippen molar-refractivity contribution in [3.8, 4) is 0 Å². The van der Waals surface area contributed by atoms with Gasteiger partial charge in [0.2, 0.25) is 0 Å². The fraction of sp³-hybridized carbons (Fsp3) is 0.686. The van der Waals surface area contributed by atoms with Gasteiger partial charge in [-0.15, -0.1) is 0 Å². The van der Waals surface area contributed by atoms with E-state index in [-0.39, 0.29) is 25.6 Å². The minimum atomic E-state index is -0.842. The summed E-state index contributed by atoms with van der Waals surface area (Å²) in [4.78, 5) is 35.8. The molecule has 0 aromatic heterocycles. The van der Waals surface area contributed by atoms with Gasteiger partial charge in [0.25, 0.3) is 0 Å². The number of unbranched alkanes of at least 4 members (excludes halogenated alkanes) is 13. The number of hydrogen-bond donors (Lipinski definition) is 2. The molecule has 8 heteroatoms. The Morgan fingerprint density at radius 3 is 1.98 bits per heavy atom. The Hall–Kier alpha value is -2.87. The quantitative estimate of drug-likeness (QED) is 0.0454. The summed E-state index contributed by atoms with van der Waals surface area (Å²) in [6.07, 6.45) is 21.4. The van der Waals surface area contributed by atoms with Crippen molar-refractivity contribution < 1.29 is 33.7 Å². The van der Waals surface area contributed by atoms with Crippen LogP contribution in [0.4, 0.5) is 4.79 Å². The summed E-state index contributed by atoms with van der Waals surface area (Å²) < 4.78 is 15.6. The SMILES string of the molecule is CCCCCCCC/C=C/CCCCCCCC(=O)O[C@H](CO)COC(=O)CCCCCNC(=O)OCc1ccccc1. The van der Waals surface area contributed by atoms with Gasteiger partial charge in [-0.2, -0.15) is 0 Å². The van der Waals surface area contributed by atoms with E-state index >= 15 is 0 Å². The van der Waals surface area contributed by atoms with E-state index in [1.165, 1.54) is 51.4 Å². The number of ether oxygens (including phenoxy) is 3. The lowest BCUT2D eigenvalue weighted by Gasteiger charge is -2.15. The number of nitrogens with one attached hydrogen (secondary N) is 1. The van der Waals surface area contributed by atoms with Gasteiger partial charge in [0.05, 0.1) is 6.61 Å². The Balaban J connectivity index is 1.94. The summed E-state index contributed by atoms with van der Waals surface area (Å²) in [7, 11) is 0. The maximum atomic E-state index is 12.1. The normalized spacial score (nSPS) is 11.8. The molecule has 0 radical (unpaired) electrons. The fourth-order valence-corrected chi connectivity index (χ4v) is 4.50. The van der Waals surface area contributed by atoms with Gasteiger partial charge < -0.3 is 24.6 Å². The van der Waals surface area contributed by atoms with Crippen LogP contribution in [0, 0.1) is 0 Å². The van der Waals surface area contributed by atoms with E-state index in [4.69, 9.17) is 14.2 Å². The predicted molar refractivity (Wildman–Crippen MR) is 170 cm³/mol. The van der Waals surface area contributed by atoms with Crippen LogP contribution in [0.3, 0.4) is 0 Å². The zero-order valence-electron chi connectivity index (χ0n) is 26.6. The summed E-state index contributed by atoms with van der Waals surface area (Å²) >= 11 is 0. The Morgan fingerprint density at radius 1 is 0.744 bits per heavy atom. The number of alkyl carbamates (subject to hydrolysis) is 1. The Bertz CT molecular complexity index is 859. The van der Waals surface area contributed by atoms with Gasteiger partial charge in [-0.25, -0.2) is 4.79 Å². The molecule has 0 saturated carbocycles. The fourth-order valence-electron chi connectivity index (χ4n) is 4.50. The van der Waals surface area contributed by atoms with Crippen LogP contribution in [-0.4, -0.2) is 49.0 Å². The zero-order chi connectivity index (χ0) is 31.2. The van der Waals surface area contributed by atoms with Gasteiger partial charge in [0, 0.05) is 19.4 Å². The summed E-state index contributed by atoms with van der Waals surface area (Å²) in [6.45, 7) is 2.39. The summed E-state index contributed by atoms with van der Waals surface area (Å²) in [5.41, 5.74) is 0.924. The molecular formula is C35H57NO7. The third-order valence-corrected chi connectivity index (χ3v) is 7.11. The molecule has 0 spiro atoms. The molecule has 43 heavy (non-hydrogen) atoms. The van der Waals surface area contributed by atoms with Crippen LogP contribution in [0.1, 0.15) is 128 Å². The number of carbonyl (C=O) groups is 3. The zero-order valence-corrected chi connectivity index (χ0v) is 26.6. The van der Waals surface area contributed by atoms with Crippen molar-refractivity contribution in [3.63, 3.8) is 0 Å². The molecule has 0 saturated heterocycles. The highest BCUT2D eigenvalue weighted by molar-refractivity contribution is 5.70. The second kappa shape index (κ2) is 27.9. The van der Waals surface area contributed by atoms with Crippen molar-refractivity contribution in [2.24, 2.45) is 0 Å². The lowest BCUT2D eigenvalue weighted by atomic mass is 10.1. The van der Waals surface area contributed by atoms with Crippen molar-refractivity contribution >= 4 is 18.0 Å². The summed E-state index contributed by atoms with van der Waals surface area (Å²) in [5, 5.41) is 12.2. The van der Waals surface area contributed by atoms with E-state index in [9.17, 15) is 19.5 Å². The third-order valence-electron chi connectivity index (χ3n) is 7.11. The van der Waals surface area contributed by atoms with Crippen molar-refractivity contribution in [3.05, 3.63) is 48.0 Å². The highest BCUT2D eigenvalue weighted by Gasteiger charge is 2.16. The number of rotatable bonds is 27. The molecule has 1 aromatic carbocycles. The average molecular weight is 604 g/mol. The third kappa shape index (κ3) is 24.3. The molecule has 1 amide bonds. The van der Waals surface area contributed by atoms with Crippen LogP contribution >= 0.6 is 0 Å². The molecule has 8 nitrogen and oxygen atoms in total. The molecular weight excluding hydrogens is 546 g/mol. The molecule has 0 aliphatic heterocycles.